The molecule has 4 saturated carbocycles. The van der Waals surface area contributed by atoms with Gasteiger partial charge >= 0.3 is 5.97 Å². The lowest BCUT2D eigenvalue weighted by Gasteiger charge is -2.53. The van der Waals surface area contributed by atoms with Crippen molar-refractivity contribution >= 4 is 11.7 Å². The molecule has 3 N–H and O–H groups in total. The van der Waals surface area contributed by atoms with E-state index in [0.29, 0.717) is 23.3 Å². The molecule has 0 amide bonds. The van der Waals surface area contributed by atoms with Crippen LogP contribution in [0.4, 0.5) is 5.69 Å². The zero-order chi connectivity index (χ0) is 14.6. The molecule has 4 nitrogen and oxygen atoms in total. The summed E-state index contributed by atoms with van der Waals surface area (Å²) < 4.78 is 6.20. The number of aromatic carboxylic acids is 1. The molecule has 0 heterocycles. The minimum absolute atomic E-state index is 0.184. The smallest absolute Gasteiger partial charge is 0.339 e. The minimum Gasteiger partial charge on any atom is -0.489 e. The van der Waals surface area contributed by atoms with Crippen molar-refractivity contribution < 1.29 is 14.6 Å². The predicted molar refractivity (Wildman–Crippen MR) is 79.3 cm³/mol. The van der Waals surface area contributed by atoms with E-state index in [1.165, 1.54) is 38.2 Å². The molecule has 0 radical (unpaired) electrons. The van der Waals surface area contributed by atoms with E-state index in [2.05, 4.69) is 0 Å². The SMILES string of the molecule is Nc1ccc(OC2C3CC4CC(C3)CC2C4)c(C(=O)O)c1. The van der Waals surface area contributed by atoms with Crippen molar-refractivity contribution in [2.75, 3.05) is 5.73 Å². The highest BCUT2D eigenvalue weighted by molar-refractivity contribution is 5.92. The highest BCUT2D eigenvalue weighted by Crippen LogP contribution is 2.54. The number of nitrogens with two attached hydrogens (primary N) is 1. The first-order valence-electron chi connectivity index (χ1n) is 7.89. The maximum Gasteiger partial charge on any atom is 0.339 e. The Labute approximate surface area is 124 Å². The number of hydrogen-bond acceptors (Lipinski definition) is 3. The van der Waals surface area contributed by atoms with Gasteiger partial charge in [-0.05, 0) is 74.0 Å². The summed E-state index contributed by atoms with van der Waals surface area (Å²) in [5, 5.41) is 9.34. The first-order chi connectivity index (χ1) is 10.1. The van der Waals surface area contributed by atoms with Crippen molar-refractivity contribution in [3.8, 4) is 5.75 Å². The third kappa shape index (κ3) is 2.17. The van der Waals surface area contributed by atoms with Crippen LogP contribution < -0.4 is 10.5 Å². The molecule has 4 bridgehead atoms. The van der Waals surface area contributed by atoms with Crippen LogP contribution in [0.5, 0.6) is 5.75 Å². The summed E-state index contributed by atoms with van der Waals surface area (Å²) in [4.78, 5) is 11.4. The number of carboxylic acids is 1. The van der Waals surface area contributed by atoms with Crippen molar-refractivity contribution in [3.63, 3.8) is 0 Å². The second-order valence-electron chi connectivity index (χ2n) is 7.07. The minimum atomic E-state index is -0.971. The van der Waals surface area contributed by atoms with E-state index in [1.807, 2.05) is 0 Å². The normalized spacial score (nSPS) is 36.7. The highest BCUT2D eigenvalue weighted by Gasteiger charge is 2.49. The number of anilines is 1. The van der Waals surface area contributed by atoms with Gasteiger partial charge in [0.1, 0.15) is 17.4 Å². The van der Waals surface area contributed by atoms with Gasteiger partial charge in [-0.2, -0.15) is 0 Å². The molecule has 4 aliphatic carbocycles. The van der Waals surface area contributed by atoms with Gasteiger partial charge < -0.3 is 15.6 Å². The molecule has 0 unspecified atom stereocenters. The average molecular weight is 287 g/mol. The van der Waals surface area contributed by atoms with Crippen LogP contribution >= 0.6 is 0 Å². The van der Waals surface area contributed by atoms with E-state index in [4.69, 9.17) is 10.5 Å². The number of hydrogen-bond donors (Lipinski definition) is 2. The average Bonchev–Trinajstić information content (AvgIpc) is 2.43. The zero-order valence-electron chi connectivity index (χ0n) is 12.0. The molecule has 0 aromatic heterocycles. The largest absolute Gasteiger partial charge is 0.489 e. The van der Waals surface area contributed by atoms with Crippen LogP contribution in [0.1, 0.15) is 42.5 Å². The highest BCUT2D eigenvalue weighted by atomic mass is 16.5. The number of rotatable bonds is 3. The summed E-state index contributed by atoms with van der Waals surface area (Å²) in [6.45, 7) is 0. The number of carboxylic acid groups (broad SMARTS) is 1. The fourth-order valence-electron chi connectivity index (χ4n) is 5.03. The van der Waals surface area contributed by atoms with Crippen LogP contribution in [0.15, 0.2) is 18.2 Å². The van der Waals surface area contributed by atoms with Gasteiger partial charge in [-0.1, -0.05) is 0 Å². The van der Waals surface area contributed by atoms with Crippen molar-refractivity contribution in [2.24, 2.45) is 23.7 Å². The molecule has 0 atom stereocenters. The summed E-state index contributed by atoms with van der Waals surface area (Å²) in [6.07, 6.45) is 6.63. The fourth-order valence-corrected chi connectivity index (χ4v) is 5.03. The third-order valence-corrected chi connectivity index (χ3v) is 5.64. The second kappa shape index (κ2) is 4.65. The molecule has 0 spiro atoms. The van der Waals surface area contributed by atoms with Gasteiger partial charge in [-0.15, -0.1) is 0 Å². The van der Waals surface area contributed by atoms with Crippen LogP contribution in [0.2, 0.25) is 0 Å². The molecule has 1 aromatic rings. The molecule has 21 heavy (non-hydrogen) atoms. The van der Waals surface area contributed by atoms with Crippen LogP contribution in [0.3, 0.4) is 0 Å². The number of ether oxygens (including phenoxy) is 1. The van der Waals surface area contributed by atoms with Crippen molar-refractivity contribution in [3.05, 3.63) is 23.8 Å². The molecular weight excluding hydrogens is 266 g/mol. The van der Waals surface area contributed by atoms with E-state index in [0.717, 1.165) is 11.8 Å². The maximum absolute atomic E-state index is 11.4. The monoisotopic (exact) mass is 287 g/mol. The van der Waals surface area contributed by atoms with Crippen molar-refractivity contribution in [1.29, 1.82) is 0 Å². The summed E-state index contributed by atoms with van der Waals surface area (Å²) in [5.41, 5.74) is 6.34. The maximum atomic E-state index is 11.4. The lowest BCUT2D eigenvalue weighted by atomic mass is 9.55. The molecule has 4 fully saturated rings. The Morgan fingerprint density at radius 1 is 1.10 bits per heavy atom. The number of benzene rings is 1. The summed E-state index contributed by atoms with van der Waals surface area (Å²) >= 11 is 0. The van der Waals surface area contributed by atoms with Crippen LogP contribution in [-0.4, -0.2) is 17.2 Å². The second-order valence-corrected chi connectivity index (χ2v) is 7.07. The zero-order valence-corrected chi connectivity index (χ0v) is 12.0. The van der Waals surface area contributed by atoms with Gasteiger partial charge in [0, 0.05) is 5.69 Å². The Morgan fingerprint density at radius 2 is 1.71 bits per heavy atom. The summed E-state index contributed by atoms with van der Waals surface area (Å²) in [6, 6.07) is 4.93. The molecule has 4 aliphatic rings. The van der Waals surface area contributed by atoms with Crippen LogP contribution in [0.25, 0.3) is 0 Å². The fraction of sp³-hybridized carbons (Fsp3) is 0.588. The molecule has 0 saturated heterocycles. The Kier molecular flexibility index (Phi) is 2.88. The first kappa shape index (κ1) is 13.0. The van der Waals surface area contributed by atoms with Crippen molar-refractivity contribution in [1.82, 2.24) is 0 Å². The van der Waals surface area contributed by atoms with Gasteiger partial charge in [0.05, 0.1) is 0 Å². The molecule has 4 heteroatoms. The molecule has 112 valence electrons. The Balaban J connectivity index is 1.60. The standard InChI is InChI=1S/C17H21NO3/c18-13-1-2-15(14(8-13)17(19)20)21-16-11-4-9-3-10(6-11)7-12(16)5-9/h1-2,8-12,16H,3-7,18H2,(H,19,20). The lowest BCUT2D eigenvalue weighted by molar-refractivity contribution is -0.0792. The van der Waals surface area contributed by atoms with E-state index in [1.54, 1.807) is 12.1 Å². The Bertz CT molecular complexity index is 555. The Hall–Kier alpha value is -1.71. The van der Waals surface area contributed by atoms with Gasteiger partial charge in [-0.25, -0.2) is 4.79 Å². The molecule has 1 aromatic carbocycles. The quantitative estimate of drug-likeness (QED) is 0.837. The van der Waals surface area contributed by atoms with Gasteiger partial charge in [-0.3, -0.25) is 0 Å². The van der Waals surface area contributed by atoms with E-state index in [9.17, 15) is 9.90 Å². The molecule has 5 rings (SSSR count). The first-order valence-corrected chi connectivity index (χ1v) is 7.89. The van der Waals surface area contributed by atoms with Crippen LogP contribution in [0, 0.1) is 23.7 Å². The lowest BCUT2D eigenvalue weighted by Crippen LogP contribution is -2.50. The summed E-state index contributed by atoms with van der Waals surface area (Å²) in [7, 11) is 0. The number of carbonyl (C=O) groups is 1. The third-order valence-electron chi connectivity index (χ3n) is 5.64. The number of nitrogen functional groups attached to an aromatic ring is 1. The van der Waals surface area contributed by atoms with Gasteiger partial charge in [0.25, 0.3) is 0 Å². The van der Waals surface area contributed by atoms with E-state index < -0.39 is 5.97 Å². The van der Waals surface area contributed by atoms with Gasteiger partial charge in [0.15, 0.2) is 0 Å². The predicted octanol–water partition coefficient (Wildman–Crippen LogP) is 3.17. The van der Waals surface area contributed by atoms with Crippen LogP contribution in [-0.2, 0) is 0 Å². The molecular formula is C17H21NO3. The van der Waals surface area contributed by atoms with E-state index in [-0.39, 0.29) is 11.7 Å². The Morgan fingerprint density at radius 3 is 2.29 bits per heavy atom. The van der Waals surface area contributed by atoms with Gasteiger partial charge in [0.2, 0.25) is 0 Å². The van der Waals surface area contributed by atoms with Crippen molar-refractivity contribution in [2.45, 2.75) is 38.2 Å². The molecule has 0 aliphatic heterocycles. The van der Waals surface area contributed by atoms with E-state index >= 15 is 0 Å². The topological polar surface area (TPSA) is 72.5 Å². The summed E-state index contributed by atoms with van der Waals surface area (Å²) in [5.74, 6) is 2.51.